The highest BCUT2D eigenvalue weighted by Gasteiger charge is 2.36. The molecule has 3 rings (SSSR count). The van der Waals surface area contributed by atoms with Crippen LogP contribution < -0.4 is 9.64 Å². The zero-order valence-corrected chi connectivity index (χ0v) is 21.8. The highest BCUT2D eigenvalue weighted by molar-refractivity contribution is 7.98. The Morgan fingerprint density at radius 2 is 1.81 bits per heavy atom. The number of esters is 1. The van der Waals surface area contributed by atoms with E-state index in [1.807, 2.05) is 13.8 Å². The third kappa shape index (κ3) is 6.32. The number of carbonyl (C=O) groups excluding carboxylic acids is 2. The molecule has 1 heterocycles. The number of thioether (sulfide) groups is 1. The Morgan fingerprint density at radius 3 is 2.36 bits per heavy atom. The molecule has 6 nitrogen and oxygen atoms in total. The normalized spacial score (nSPS) is 18.1. The summed E-state index contributed by atoms with van der Waals surface area (Å²) in [4.78, 5) is 32.0. The second-order valence-electron chi connectivity index (χ2n) is 9.26. The Labute approximate surface area is 213 Å². The Morgan fingerprint density at radius 1 is 1.14 bits per heavy atom. The summed E-state index contributed by atoms with van der Waals surface area (Å²) >= 11 is 1.13. The maximum Gasteiger partial charge on any atom is 0.421 e. The van der Waals surface area contributed by atoms with Crippen LogP contribution in [0.5, 0.6) is 11.6 Å². The number of aromatic nitrogens is 1. The molecular formula is C26H31F3N2O4S. The number of hydrogen-bond donors (Lipinski definition) is 0. The van der Waals surface area contributed by atoms with Crippen LogP contribution in [0.1, 0.15) is 62.4 Å². The number of carbonyl (C=O) groups is 2. The van der Waals surface area contributed by atoms with Crippen molar-refractivity contribution in [3.63, 3.8) is 0 Å². The van der Waals surface area contributed by atoms with Gasteiger partial charge < -0.3 is 14.4 Å². The third-order valence-corrected chi connectivity index (χ3v) is 7.03. The molecule has 0 aliphatic heterocycles. The lowest BCUT2D eigenvalue weighted by Crippen LogP contribution is -2.43. The molecule has 0 radical (unpaired) electrons. The number of methoxy groups -OCH3 is 1. The lowest BCUT2D eigenvalue weighted by Gasteiger charge is -2.34. The fraction of sp³-hybridized carbons (Fsp3) is 0.500. The monoisotopic (exact) mass is 524 g/mol. The van der Waals surface area contributed by atoms with Gasteiger partial charge >= 0.3 is 12.1 Å². The first-order chi connectivity index (χ1) is 17.0. The average molecular weight is 525 g/mol. The van der Waals surface area contributed by atoms with E-state index in [9.17, 15) is 22.8 Å². The van der Waals surface area contributed by atoms with Gasteiger partial charge in [-0.25, -0.2) is 9.78 Å². The third-order valence-electron chi connectivity index (χ3n) is 6.33. The van der Waals surface area contributed by atoms with Gasteiger partial charge in [0.15, 0.2) is 0 Å². The molecule has 1 saturated carbocycles. The van der Waals surface area contributed by atoms with Gasteiger partial charge in [0.2, 0.25) is 11.8 Å². The largest absolute Gasteiger partial charge is 0.465 e. The van der Waals surface area contributed by atoms with Crippen molar-refractivity contribution >= 4 is 29.3 Å². The van der Waals surface area contributed by atoms with Gasteiger partial charge in [-0.05, 0) is 76.0 Å². The highest BCUT2D eigenvalue weighted by atomic mass is 32.2. The molecule has 0 atom stereocenters. The highest BCUT2D eigenvalue weighted by Crippen LogP contribution is 2.40. The summed E-state index contributed by atoms with van der Waals surface area (Å²) in [6.07, 6.45) is 1.72. The van der Waals surface area contributed by atoms with Gasteiger partial charge in [0, 0.05) is 23.1 Å². The van der Waals surface area contributed by atoms with Crippen LogP contribution in [0.2, 0.25) is 0 Å². The van der Waals surface area contributed by atoms with Crippen LogP contribution in [-0.4, -0.2) is 36.3 Å². The lowest BCUT2D eigenvalue weighted by atomic mass is 9.82. The molecule has 1 fully saturated rings. The van der Waals surface area contributed by atoms with Crippen molar-refractivity contribution in [1.29, 1.82) is 0 Å². The minimum absolute atomic E-state index is 0.0236. The SMILES string of the molecule is COC(=O)c1cc(Oc2ncc(SC)cc2C(F)(F)F)ccc1N(C(=O)C1CCC(C)CC1)C(C)C. The van der Waals surface area contributed by atoms with E-state index in [0.29, 0.717) is 16.5 Å². The van der Waals surface area contributed by atoms with E-state index in [-0.39, 0.29) is 29.2 Å². The molecule has 0 N–H and O–H groups in total. The smallest absolute Gasteiger partial charge is 0.421 e. The Hall–Kier alpha value is -2.75. The lowest BCUT2D eigenvalue weighted by molar-refractivity contribution is -0.139. The van der Waals surface area contributed by atoms with Crippen LogP contribution in [0, 0.1) is 11.8 Å². The first-order valence-corrected chi connectivity index (χ1v) is 13.0. The van der Waals surface area contributed by atoms with Gasteiger partial charge in [-0.1, -0.05) is 6.92 Å². The number of pyridine rings is 1. The summed E-state index contributed by atoms with van der Waals surface area (Å²) in [6.45, 7) is 5.87. The average Bonchev–Trinajstić information content (AvgIpc) is 2.84. The van der Waals surface area contributed by atoms with Gasteiger partial charge in [-0.2, -0.15) is 13.2 Å². The fourth-order valence-corrected chi connectivity index (χ4v) is 4.75. The number of hydrogen-bond acceptors (Lipinski definition) is 6. The molecule has 0 bridgehead atoms. The summed E-state index contributed by atoms with van der Waals surface area (Å²) in [5.74, 6) is -1.05. The Kier molecular flexibility index (Phi) is 8.92. The molecule has 1 aliphatic rings. The van der Waals surface area contributed by atoms with Crippen LogP contribution in [0.25, 0.3) is 0 Å². The van der Waals surface area contributed by atoms with Crippen LogP contribution in [0.15, 0.2) is 35.4 Å². The quantitative estimate of drug-likeness (QED) is 0.288. The van der Waals surface area contributed by atoms with Gasteiger partial charge in [-0.15, -0.1) is 11.8 Å². The standard InChI is InChI=1S/C26H31F3N2O4S/c1-15(2)31(24(32)17-8-6-16(3)7-9-17)22-11-10-18(12-20(22)25(33)34-4)35-23-21(26(27,28)29)13-19(36-5)14-30-23/h10-17H,6-9H2,1-5H3. The predicted molar refractivity (Wildman–Crippen MR) is 133 cm³/mol. The maximum absolute atomic E-state index is 13.6. The van der Waals surface area contributed by atoms with Crippen LogP contribution >= 0.6 is 11.8 Å². The second kappa shape index (κ2) is 11.5. The van der Waals surface area contributed by atoms with Gasteiger partial charge in [0.05, 0.1) is 18.4 Å². The van der Waals surface area contributed by atoms with Crippen molar-refractivity contribution in [1.82, 2.24) is 4.98 Å². The number of amides is 1. The van der Waals surface area contributed by atoms with E-state index in [1.54, 1.807) is 11.2 Å². The number of ether oxygens (including phenoxy) is 2. The summed E-state index contributed by atoms with van der Waals surface area (Å²) in [7, 11) is 1.20. The maximum atomic E-state index is 13.6. The molecule has 0 saturated heterocycles. The molecule has 1 aromatic carbocycles. The molecule has 2 aromatic rings. The van der Waals surface area contributed by atoms with Crippen molar-refractivity contribution in [2.45, 2.75) is 63.6 Å². The molecule has 1 aliphatic carbocycles. The van der Waals surface area contributed by atoms with Gasteiger partial charge in [0.25, 0.3) is 0 Å². The number of halogens is 3. The van der Waals surface area contributed by atoms with Crippen molar-refractivity contribution in [3.8, 4) is 11.6 Å². The minimum atomic E-state index is -4.68. The van der Waals surface area contributed by atoms with Crippen molar-refractivity contribution in [2.24, 2.45) is 11.8 Å². The molecule has 196 valence electrons. The first kappa shape index (κ1) is 27.8. The molecule has 0 unspecified atom stereocenters. The van der Waals surface area contributed by atoms with E-state index < -0.39 is 23.6 Å². The molecule has 1 aromatic heterocycles. The minimum Gasteiger partial charge on any atom is -0.465 e. The number of anilines is 1. The Balaban J connectivity index is 2.00. The Bertz CT molecular complexity index is 1100. The van der Waals surface area contributed by atoms with Crippen molar-refractivity contribution < 1.29 is 32.2 Å². The van der Waals surface area contributed by atoms with Crippen LogP contribution in [-0.2, 0) is 15.7 Å². The predicted octanol–water partition coefficient (Wildman–Crippen LogP) is 6.97. The number of nitrogens with zero attached hydrogens (tertiary/aromatic N) is 2. The van der Waals surface area contributed by atoms with E-state index in [0.717, 1.165) is 43.5 Å². The zero-order valence-electron chi connectivity index (χ0n) is 21.0. The van der Waals surface area contributed by atoms with Gasteiger partial charge in [0.1, 0.15) is 11.3 Å². The number of alkyl halides is 3. The van der Waals surface area contributed by atoms with Crippen molar-refractivity contribution in [2.75, 3.05) is 18.3 Å². The van der Waals surface area contributed by atoms with Crippen molar-refractivity contribution in [3.05, 3.63) is 41.6 Å². The van der Waals surface area contributed by atoms with Crippen LogP contribution in [0.4, 0.5) is 18.9 Å². The molecule has 36 heavy (non-hydrogen) atoms. The number of benzene rings is 1. The van der Waals surface area contributed by atoms with Crippen LogP contribution in [0.3, 0.4) is 0 Å². The summed E-state index contributed by atoms with van der Waals surface area (Å²) < 4.78 is 51.3. The fourth-order valence-electron chi connectivity index (χ4n) is 4.36. The van der Waals surface area contributed by atoms with E-state index in [4.69, 9.17) is 9.47 Å². The molecular weight excluding hydrogens is 493 g/mol. The van der Waals surface area contributed by atoms with Gasteiger partial charge in [-0.3, -0.25) is 4.79 Å². The van der Waals surface area contributed by atoms with E-state index in [1.165, 1.54) is 31.5 Å². The number of rotatable bonds is 7. The molecule has 10 heteroatoms. The second-order valence-corrected chi connectivity index (χ2v) is 10.1. The summed E-state index contributed by atoms with van der Waals surface area (Å²) in [5, 5.41) is 0. The molecule has 1 amide bonds. The van der Waals surface area contributed by atoms with E-state index in [2.05, 4.69) is 11.9 Å². The zero-order chi connectivity index (χ0) is 26.6. The summed E-state index contributed by atoms with van der Waals surface area (Å²) in [5.41, 5.74) is -0.673. The molecule has 0 spiro atoms. The first-order valence-electron chi connectivity index (χ1n) is 11.8. The topological polar surface area (TPSA) is 68.7 Å². The van der Waals surface area contributed by atoms with E-state index >= 15 is 0 Å². The summed E-state index contributed by atoms with van der Waals surface area (Å²) in [6, 6.07) is 4.93.